The van der Waals surface area contributed by atoms with Crippen molar-refractivity contribution in [2.75, 3.05) is 0 Å². The van der Waals surface area contributed by atoms with E-state index < -0.39 is 0 Å². The summed E-state index contributed by atoms with van der Waals surface area (Å²) in [6.07, 6.45) is 0. The quantitative estimate of drug-likeness (QED) is 0.900. The van der Waals surface area contributed by atoms with Gasteiger partial charge >= 0.3 is 0 Å². The first-order chi connectivity index (χ1) is 8.56. The molecular weight excluding hydrogens is 237 g/mol. The second-order valence-corrected chi connectivity index (χ2v) is 3.99. The number of nitrogens with two attached hydrogens (primary N) is 1. The van der Waals surface area contributed by atoms with Crippen LogP contribution in [0.2, 0.25) is 0 Å². The maximum absolute atomic E-state index is 13.1. The molecule has 2 aromatic rings. The molecule has 5 nitrogen and oxygen atoms in total. The summed E-state index contributed by atoms with van der Waals surface area (Å²) in [5.74, 6) is 1.08. The van der Waals surface area contributed by atoms with E-state index in [-0.39, 0.29) is 18.5 Å². The van der Waals surface area contributed by atoms with Gasteiger partial charge in [-0.3, -0.25) is 0 Å². The van der Waals surface area contributed by atoms with Crippen LogP contribution in [0.4, 0.5) is 4.39 Å². The van der Waals surface area contributed by atoms with Crippen LogP contribution < -0.4 is 10.5 Å². The van der Waals surface area contributed by atoms with Crippen molar-refractivity contribution in [3.8, 4) is 5.75 Å². The fraction of sp³-hybridized carbons (Fsp3) is 0.333. The van der Waals surface area contributed by atoms with Crippen molar-refractivity contribution in [2.24, 2.45) is 5.73 Å². The first-order valence-electron chi connectivity index (χ1n) is 5.53. The standard InChI is InChI=1S/C12H14FN3O2/c1-7(14)10-5-9(13)3-4-11(10)17-6-12-15-8(2)16-18-12/h3-5,7H,6,14H2,1-2H3/t7-/m1/s1. The van der Waals surface area contributed by atoms with Crippen LogP contribution in [0.25, 0.3) is 0 Å². The van der Waals surface area contributed by atoms with Crippen molar-refractivity contribution in [1.82, 2.24) is 10.1 Å². The van der Waals surface area contributed by atoms with E-state index in [4.69, 9.17) is 15.0 Å². The molecule has 0 aliphatic carbocycles. The fourth-order valence-electron chi connectivity index (χ4n) is 1.54. The molecule has 0 amide bonds. The molecule has 0 spiro atoms. The van der Waals surface area contributed by atoms with Crippen LogP contribution in [0.1, 0.15) is 30.2 Å². The maximum Gasteiger partial charge on any atom is 0.264 e. The lowest BCUT2D eigenvalue weighted by Crippen LogP contribution is -2.08. The first-order valence-corrected chi connectivity index (χ1v) is 5.53. The van der Waals surface area contributed by atoms with Gasteiger partial charge in [0, 0.05) is 11.6 Å². The molecule has 0 saturated heterocycles. The van der Waals surface area contributed by atoms with Gasteiger partial charge in [-0.1, -0.05) is 5.16 Å². The summed E-state index contributed by atoms with van der Waals surface area (Å²) in [5.41, 5.74) is 6.36. The number of aromatic nitrogens is 2. The van der Waals surface area contributed by atoms with Gasteiger partial charge in [0.2, 0.25) is 0 Å². The molecule has 1 atom stereocenters. The average Bonchev–Trinajstić information content (AvgIpc) is 2.73. The number of hydrogen-bond acceptors (Lipinski definition) is 5. The van der Waals surface area contributed by atoms with Crippen LogP contribution in [0.3, 0.4) is 0 Å². The number of ether oxygens (including phenoxy) is 1. The highest BCUT2D eigenvalue weighted by Crippen LogP contribution is 2.25. The summed E-state index contributed by atoms with van der Waals surface area (Å²) in [7, 11) is 0. The zero-order valence-electron chi connectivity index (χ0n) is 10.2. The summed E-state index contributed by atoms with van der Waals surface area (Å²) < 4.78 is 23.6. The Balaban J connectivity index is 2.13. The van der Waals surface area contributed by atoms with Crippen LogP contribution in [0, 0.1) is 12.7 Å². The Morgan fingerprint density at radius 3 is 2.89 bits per heavy atom. The van der Waals surface area contributed by atoms with Gasteiger partial charge in [-0.25, -0.2) is 4.39 Å². The number of rotatable bonds is 4. The van der Waals surface area contributed by atoms with E-state index in [0.717, 1.165) is 0 Å². The van der Waals surface area contributed by atoms with E-state index in [1.54, 1.807) is 13.8 Å². The van der Waals surface area contributed by atoms with Crippen molar-refractivity contribution >= 4 is 0 Å². The van der Waals surface area contributed by atoms with Crippen LogP contribution in [-0.4, -0.2) is 10.1 Å². The van der Waals surface area contributed by atoms with Gasteiger partial charge in [0.05, 0.1) is 0 Å². The highest BCUT2D eigenvalue weighted by atomic mass is 19.1. The molecule has 1 heterocycles. The van der Waals surface area contributed by atoms with Gasteiger partial charge < -0.3 is 15.0 Å². The molecular formula is C12H14FN3O2. The van der Waals surface area contributed by atoms with E-state index in [0.29, 0.717) is 23.0 Å². The molecule has 0 radical (unpaired) electrons. The Morgan fingerprint density at radius 1 is 1.50 bits per heavy atom. The highest BCUT2D eigenvalue weighted by molar-refractivity contribution is 5.36. The third-order valence-corrected chi connectivity index (χ3v) is 2.38. The van der Waals surface area contributed by atoms with E-state index in [2.05, 4.69) is 10.1 Å². The predicted octanol–water partition coefficient (Wildman–Crippen LogP) is 2.12. The van der Waals surface area contributed by atoms with Gasteiger partial charge in [0.1, 0.15) is 11.6 Å². The molecule has 96 valence electrons. The highest BCUT2D eigenvalue weighted by Gasteiger charge is 2.11. The Bertz CT molecular complexity index is 540. The second kappa shape index (κ2) is 5.14. The van der Waals surface area contributed by atoms with E-state index in [1.165, 1.54) is 18.2 Å². The molecule has 1 aromatic carbocycles. The first kappa shape index (κ1) is 12.5. The predicted molar refractivity (Wildman–Crippen MR) is 62.4 cm³/mol. The summed E-state index contributed by atoms with van der Waals surface area (Å²) >= 11 is 0. The minimum atomic E-state index is -0.344. The summed E-state index contributed by atoms with van der Waals surface area (Å²) in [5, 5.41) is 3.65. The van der Waals surface area contributed by atoms with Crippen molar-refractivity contribution in [3.63, 3.8) is 0 Å². The van der Waals surface area contributed by atoms with Crippen molar-refractivity contribution in [1.29, 1.82) is 0 Å². The third-order valence-electron chi connectivity index (χ3n) is 2.38. The Kier molecular flexibility index (Phi) is 3.57. The molecule has 6 heteroatoms. The maximum atomic E-state index is 13.1. The normalized spacial score (nSPS) is 12.4. The average molecular weight is 251 g/mol. The number of nitrogens with zero attached hydrogens (tertiary/aromatic N) is 2. The minimum Gasteiger partial charge on any atom is -0.483 e. The Labute approximate surface area is 104 Å². The zero-order chi connectivity index (χ0) is 13.1. The second-order valence-electron chi connectivity index (χ2n) is 3.99. The largest absolute Gasteiger partial charge is 0.483 e. The summed E-state index contributed by atoms with van der Waals surface area (Å²) in [4.78, 5) is 4.01. The summed E-state index contributed by atoms with van der Waals surface area (Å²) in [6, 6.07) is 3.90. The lowest BCUT2D eigenvalue weighted by Gasteiger charge is -2.12. The zero-order valence-corrected chi connectivity index (χ0v) is 10.2. The number of benzene rings is 1. The van der Waals surface area contributed by atoms with Crippen LogP contribution in [0.5, 0.6) is 5.75 Å². The smallest absolute Gasteiger partial charge is 0.264 e. The van der Waals surface area contributed by atoms with Crippen molar-refractivity contribution in [3.05, 3.63) is 41.3 Å². The molecule has 2 rings (SSSR count). The molecule has 0 fully saturated rings. The Hall–Kier alpha value is -1.95. The molecule has 0 aliphatic heterocycles. The van der Waals surface area contributed by atoms with Crippen LogP contribution in [-0.2, 0) is 6.61 Å². The van der Waals surface area contributed by atoms with Gasteiger partial charge in [0.25, 0.3) is 5.89 Å². The van der Waals surface area contributed by atoms with E-state index in [9.17, 15) is 4.39 Å². The van der Waals surface area contributed by atoms with E-state index in [1.807, 2.05) is 0 Å². The monoisotopic (exact) mass is 251 g/mol. The minimum absolute atomic E-state index is 0.131. The number of aryl methyl sites for hydroxylation is 1. The molecule has 0 saturated carbocycles. The molecule has 0 bridgehead atoms. The van der Waals surface area contributed by atoms with Gasteiger partial charge in [0.15, 0.2) is 12.4 Å². The van der Waals surface area contributed by atoms with Gasteiger partial charge in [-0.15, -0.1) is 0 Å². The van der Waals surface area contributed by atoms with Crippen molar-refractivity contribution in [2.45, 2.75) is 26.5 Å². The van der Waals surface area contributed by atoms with Gasteiger partial charge in [-0.2, -0.15) is 4.98 Å². The fourth-order valence-corrected chi connectivity index (χ4v) is 1.54. The molecule has 1 aromatic heterocycles. The SMILES string of the molecule is Cc1noc(COc2ccc(F)cc2[C@@H](C)N)n1. The molecule has 0 unspecified atom stereocenters. The topological polar surface area (TPSA) is 74.2 Å². The third kappa shape index (κ3) is 2.84. The van der Waals surface area contributed by atoms with Gasteiger partial charge in [-0.05, 0) is 32.0 Å². The molecule has 18 heavy (non-hydrogen) atoms. The molecule has 2 N–H and O–H groups in total. The van der Waals surface area contributed by atoms with E-state index >= 15 is 0 Å². The number of hydrogen-bond donors (Lipinski definition) is 1. The summed E-state index contributed by atoms with van der Waals surface area (Å²) in [6.45, 7) is 3.61. The molecule has 0 aliphatic rings. The Morgan fingerprint density at radius 2 is 2.28 bits per heavy atom. The number of halogens is 1. The van der Waals surface area contributed by atoms with Crippen LogP contribution >= 0.6 is 0 Å². The van der Waals surface area contributed by atoms with Crippen molar-refractivity contribution < 1.29 is 13.7 Å². The lowest BCUT2D eigenvalue weighted by molar-refractivity contribution is 0.240. The lowest BCUT2D eigenvalue weighted by atomic mass is 10.1. The van der Waals surface area contributed by atoms with Crippen LogP contribution in [0.15, 0.2) is 22.7 Å².